The van der Waals surface area contributed by atoms with E-state index in [-0.39, 0.29) is 17.0 Å². The maximum Gasteiger partial charge on any atom is 0.188 e. The van der Waals surface area contributed by atoms with Gasteiger partial charge in [0.25, 0.3) is 0 Å². The molecular formula is C15H25N3O2S. The molecule has 1 rings (SSSR count). The molecule has 0 fully saturated rings. The van der Waals surface area contributed by atoms with Gasteiger partial charge < -0.3 is 11.1 Å². The van der Waals surface area contributed by atoms with Crippen LogP contribution in [0, 0.1) is 0 Å². The van der Waals surface area contributed by atoms with Crippen molar-refractivity contribution in [1.29, 1.82) is 0 Å². The Bertz CT molecular complexity index is 560. The molecule has 0 amide bonds. The third kappa shape index (κ3) is 8.34. The molecule has 0 heterocycles. The monoisotopic (exact) mass is 311 g/mol. The first-order valence-corrected chi connectivity index (χ1v) is 8.82. The van der Waals surface area contributed by atoms with E-state index in [2.05, 4.69) is 10.3 Å². The van der Waals surface area contributed by atoms with Crippen LogP contribution < -0.4 is 11.1 Å². The SMILES string of the molecule is CC(C)(C)NC(N)=NCCCS(=O)(=O)Cc1ccccc1. The molecule has 0 atom stereocenters. The molecule has 0 spiro atoms. The molecule has 3 N–H and O–H groups in total. The number of sulfone groups is 1. The Balaban J connectivity index is 2.39. The van der Waals surface area contributed by atoms with Crippen LogP contribution in [0.15, 0.2) is 35.3 Å². The van der Waals surface area contributed by atoms with Crippen molar-refractivity contribution in [2.24, 2.45) is 10.7 Å². The van der Waals surface area contributed by atoms with Crippen molar-refractivity contribution in [2.45, 2.75) is 38.5 Å². The minimum absolute atomic E-state index is 0.0767. The molecule has 0 bridgehead atoms. The molecule has 0 saturated heterocycles. The first-order valence-electron chi connectivity index (χ1n) is 7.00. The zero-order valence-electron chi connectivity index (χ0n) is 13.0. The van der Waals surface area contributed by atoms with Crippen molar-refractivity contribution >= 4 is 15.8 Å². The highest BCUT2D eigenvalue weighted by Gasteiger charge is 2.12. The van der Waals surface area contributed by atoms with Gasteiger partial charge in [-0.25, -0.2) is 8.42 Å². The van der Waals surface area contributed by atoms with E-state index in [4.69, 9.17) is 5.73 Å². The summed E-state index contributed by atoms with van der Waals surface area (Å²) < 4.78 is 24.0. The number of hydrogen-bond acceptors (Lipinski definition) is 3. The van der Waals surface area contributed by atoms with Gasteiger partial charge in [-0.2, -0.15) is 0 Å². The molecule has 0 aliphatic rings. The lowest BCUT2D eigenvalue weighted by molar-refractivity contribution is 0.508. The number of hydrogen-bond donors (Lipinski definition) is 2. The summed E-state index contributed by atoms with van der Waals surface area (Å²) in [7, 11) is -3.10. The van der Waals surface area contributed by atoms with Gasteiger partial charge >= 0.3 is 0 Å². The fourth-order valence-electron chi connectivity index (χ4n) is 1.81. The molecule has 118 valence electrons. The van der Waals surface area contributed by atoms with E-state index in [1.54, 1.807) is 0 Å². The Hall–Kier alpha value is -1.56. The molecule has 0 aliphatic heterocycles. The first kappa shape index (κ1) is 17.5. The van der Waals surface area contributed by atoms with Crippen LogP contribution >= 0.6 is 0 Å². The highest BCUT2D eigenvalue weighted by Crippen LogP contribution is 2.07. The third-order valence-corrected chi connectivity index (χ3v) is 4.31. The Labute approximate surface area is 127 Å². The van der Waals surface area contributed by atoms with Crippen LogP contribution in [0.3, 0.4) is 0 Å². The number of nitrogens with zero attached hydrogens (tertiary/aromatic N) is 1. The largest absolute Gasteiger partial charge is 0.370 e. The van der Waals surface area contributed by atoms with Crippen molar-refractivity contribution in [1.82, 2.24) is 5.32 Å². The normalized spacial score (nSPS) is 13.2. The van der Waals surface area contributed by atoms with Crippen molar-refractivity contribution in [3.8, 4) is 0 Å². The van der Waals surface area contributed by atoms with Gasteiger partial charge in [0.2, 0.25) is 0 Å². The van der Waals surface area contributed by atoms with Crippen LogP contribution in [-0.2, 0) is 15.6 Å². The second-order valence-corrected chi connectivity index (χ2v) is 8.26. The Kier molecular flexibility index (Phi) is 6.20. The van der Waals surface area contributed by atoms with Crippen LogP contribution in [0.25, 0.3) is 0 Å². The second-order valence-electron chi connectivity index (χ2n) is 6.07. The van der Waals surface area contributed by atoms with Gasteiger partial charge in [-0.05, 0) is 32.8 Å². The summed E-state index contributed by atoms with van der Waals surface area (Å²) in [6, 6.07) is 9.19. The lowest BCUT2D eigenvalue weighted by Crippen LogP contribution is -2.45. The average molecular weight is 311 g/mol. The van der Waals surface area contributed by atoms with Crippen molar-refractivity contribution in [3.05, 3.63) is 35.9 Å². The van der Waals surface area contributed by atoms with Crippen molar-refractivity contribution in [3.63, 3.8) is 0 Å². The van der Waals surface area contributed by atoms with E-state index in [0.29, 0.717) is 18.9 Å². The summed E-state index contributed by atoms with van der Waals surface area (Å²) in [5, 5.41) is 3.03. The van der Waals surface area contributed by atoms with Gasteiger partial charge in [-0.15, -0.1) is 0 Å². The summed E-state index contributed by atoms with van der Waals surface area (Å²) in [4.78, 5) is 4.14. The molecule has 0 aliphatic carbocycles. The van der Waals surface area contributed by atoms with Crippen LogP contribution in [0.4, 0.5) is 0 Å². The van der Waals surface area contributed by atoms with Gasteiger partial charge in [0.1, 0.15) is 0 Å². The molecular weight excluding hydrogens is 286 g/mol. The number of benzene rings is 1. The first-order chi connectivity index (χ1) is 9.68. The Morgan fingerprint density at radius 2 is 1.86 bits per heavy atom. The molecule has 0 saturated carbocycles. The van der Waals surface area contributed by atoms with Gasteiger partial charge in [-0.3, -0.25) is 4.99 Å². The quantitative estimate of drug-likeness (QED) is 0.476. The molecule has 0 unspecified atom stereocenters. The van der Waals surface area contributed by atoms with E-state index in [9.17, 15) is 8.42 Å². The summed E-state index contributed by atoms with van der Waals surface area (Å²) in [6.45, 7) is 6.36. The molecule has 6 heteroatoms. The van der Waals surface area contributed by atoms with E-state index in [1.807, 2.05) is 51.1 Å². The van der Waals surface area contributed by atoms with Crippen LogP contribution in [0.2, 0.25) is 0 Å². The molecule has 21 heavy (non-hydrogen) atoms. The molecule has 0 aromatic heterocycles. The Morgan fingerprint density at radius 3 is 2.43 bits per heavy atom. The topological polar surface area (TPSA) is 84.5 Å². The third-order valence-electron chi connectivity index (χ3n) is 2.63. The number of aliphatic imine (C=N–C) groups is 1. The summed E-state index contributed by atoms with van der Waals surface area (Å²) in [6.07, 6.45) is 0.474. The predicted octanol–water partition coefficient (Wildman–Crippen LogP) is 1.69. The molecule has 1 aromatic carbocycles. The van der Waals surface area contributed by atoms with Crippen molar-refractivity contribution in [2.75, 3.05) is 12.3 Å². The maximum atomic E-state index is 12.0. The van der Waals surface area contributed by atoms with Crippen LogP contribution in [0.5, 0.6) is 0 Å². The number of guanidine groups is 1. The average Bonchev–Trinajstić information content (AvgIpc) is 2.33. The minimum Gasteiger partial charge on any atom is -0.370 e. The highest BCUT2D eigenvalue weighted by molar-refractivity contribution is 7.90. The van der Waals surface area contributed by atoms with Gasteiger partial charge in [-0.1, -0.05) is 30.3 Å². The van der Waals surface area contributed by atoms with Crippen LogP contribution in [0.1, 0.15) is 32.8 Å². The zero-order chi connectivity index (χ0) is 15.9. The predicted molar refractivity (Wildman–Crippen MR) is 87.9 cm³/mol. The van der Waals surface area contributed by atoms with Gasteiger partial charge in [0.05, 0.1) is 11.5 Å². The minimum atomic E-state index is -3.10. The fraction of sp³-hybridized carbons (Fsp3) is 0.533. The second kappa shape index (κ2) is 7.45. The van der Waals surface area contributed by atoms with Gasteiger partial charge in [0.15, 0.2) is 15.8 Å². The lowest BCUT2D eigenvalue weighted by Gasteiger charge is -2.20. The van der Waals surface area contributed by atoms with E-state index in [1.165, 1.54) is 0 Å². The maximum absolute atomic E-state index is 12.0. The summed E-state index contributed by atoms with van der Waals surface area (Å²) in [5.41, 5.74) is 6.39. The number of rotatable bonds is 6. The van der Waals surface area contributed by atoms with Gasteiger partial charge in [0, 0.05) is 12.1 Å². The highest BCUT2D eigenvalue weighted by atomic mass is 32.2. The number of nitrogens with two attached hydrogens (primary N) is 1. The number of nitrogens with one attached hydrogen (secondary N) is 1. The zero-order valence-corrected chi connectivity index (χ0v) is 13.8. The van der Waals surface area contributed by atoms with E-state index < -0.39 is 9.84 Å². The van der Waals surface area contributed by atoms with Crippen molar-refractivity contribution < 1.29 is 8.42 Å². The smallest absolute Gasteiger partial charge is 0.188 e. The lowest BCUT2D eigenvalue weighted by atomic mass is 10.1. The summed E-state index contributed by atoms with van der Waals surface area (Å²) in [5.74, 6) is 0.546. The molecule has 0 radical (unpaired) electrons. The summed E-state index contributed by atoms with van der Waals surface area (Å²) >= 11 is 0. The molecule has 5 nitrogen and oxygen atoms in total. The van der Waals surface area contributed by atoms with Crippen LogP contribution in [-0.4, -0.2) is 32.2 Å². The molecule has 1 aromatic rings. The Morgan fingerprint density at radius 1 is 1.24 bits per heavy atom. The van der Waals surface area contributed by atoms with E-state index in [0.717, 1.165) is 5.56 Å². The van der Waals surface area contributed by atoms with E-state index >= 15 is 0 Å². The standard InChI is InChI=1S/C15H25N3O2S/c1-15(2,3)18-14(16)17-10-7-11-21(19,20)12-13-8-5-4-6-9-13/h4-6,8-9H,7,10-12H2,1-3H3,(H3,16,17,18). The fourth-order valence-corrected chi connectivity index (χ4v) is 3.22.